The summed E-state index contributed by atoms with van der Waals surface area (Å²) in [6, 6.07) is 6.51. The SMILES string of the molecule is CCN(c1nc(C)cc(C(=O)Nc2ccc(C(=O)O)c(C)c2)n1)C(C)C. The zero-order chi connectivity index (χ0) is 19.4. The van der Waals surface area contributed by atoms with Crippen LogP contribution in [0.3, 0.4) is 0 Å². The van der Waals surface area contributed by atoms with Crippen molar-refractivity contribution in [1.29, 1.82) is 0 Å². The van der Waals surface area contributed by atoms with Crippen LogP contribution in [-0.2, 0) is 0 Å². The molecule has 0 aliphatic carbocycles. The predicted octanol–water partition coefficient (Wildman–Crippen LogP) is 3.28. The van der Waals surface area contributed by atoms with Crippen LogP contribution in [0.1, 0.15) is 52.9 Å². The molecule has 138 valence electrons. The van der Waals surface area contributed by atoms with E-state index in [1.807, 2.05) is 32.6 Å². The number of aryl methyl sites for hydroxylation is 2. The number of anilines is 2. The van der Waals surface area contributed by atoms with Gasteiger partial charge in [0.25, 0.3) is 5.91 Å². The first-order valence-electron chi connectivity index (χ1n) is 8.50. The van der Waals surface area contributed by atoms with Crippen LogP contribution in [-0.4, -0.2) is 39.5 Å². The number of aromatic carboxylic acids is 1. The highest BCUT2D eigenvalue weighted by molar-refractivity contribution is 6.03. The van der Waals surface area contributed by atoms with E-state index in [1.165, 1.54) is 6.07 Å². The molecule has 1 heterocycles. The number of carboxylic acids is 1. The van der Waals surface area contributed by atoms with Crippen molar-refractivity contribution in [2.75, 3.05) is 16.8 Å². The van der Waals surface area contributed by atoms with Gasteiger partial charge in [-0.15, -0.1) is 0 Å². The summed E-state index contributed by atoms with van der Waals surface area (Å²) in [6.45, 7) is 10.3. The second-order valence-electron chi connectivity index (χ2n) is 6.36. The van der Waals surface area contributed by atoms with Crippen molar-refractivity contribution >= 4 is 23.5 Å². The normalized spacial score (nSPS) is 10.7. The van der Waals surface area contributed by atoms with Crippen molar-refractivity contribution in [2.45, 2.75) is 40.7 Å². The zero-order valence-electron chi connectivity index (χ0n) is 15.7. The molecule has 0 radical (unpaired) electrons. The van der Waals surface area contributed by atoms with Crippen molar-refractivity contribution in [3.63, 3.8) is 0 Å². The number of rotatable bonds is 6. The Morgan fingerprint density at radius 2 is 1.88 bits per heavy atom. The molecule has 2 aromatic rings. The van der Waals surface area contributed by atoms with E-state index in [0.29, 0.717) is 22.9 Å². The summed E-state index contributed by atoms with van der Waals surface area (Å²) in [6.07, 6.45) is 0. The van der Waals surface area contributed by atoms with Crippen LogP contribution in [0.5, 0.6) is 0 Å². The third-order valence-electron chi connectivity index (χ3n) is 4.01. The quantitative estimate of drug-likeness (QED) is 0.825. The third-order valence-corrected chi connectivity index (χ3v) is 4.01. The van der Waals surface area contributed by atoms with Gasteiger partial charge in [0.2, 0.25) is 5.95 Å². The zero-order valence-corrected chi connectivity index (χ0v) is 15.7. The van der Waals surface area contributed by atoms with Crippen LogP contribution in [0.15, 0.2) is 24.3 Å². The fourth-order valence-corrected chi connectivity index (χ4v) is 2.71. The first-order chi connectivity index (χ1) is 12.2. The smallest absolute Gasteiger partial charge is 0.335 e. The molecule has 1 amide bonds. The van der Waals surface area contributed by atoms with Gasteiger partial charge in [0, 0.05) is 24.0 Å². The Hall–Kier alpha value is -2.96. The lowest BCUT2D eigenvalue weighted by Gasteiger charge is -2.25. The molecule has 0 unspecified atom stereocenters. The summed E-state index contributed by atoms with van der Waals surface area (Å²) in [5.74, 6) is -0.839. The summed E-state index contributed by atoms with van der Waals surface area (Å²) in [7, 11) is 0. The van der Waals surface area contributed by atoms with Gasteiger partial charge in [0.05, 0.1) is 5.56 Å². The number of nitrogens with one attached hydrogen (secondary N) is 1. The lowest BCUT2D eigenvalue weighted by atomic mass is 10.1. The first-order valence-corrected chi connectivity index (χ1v) is 8.50. The molecule has 2 N–H and O–H groups in total. The second-order valence-corrected chi connectivity index (χ2v) is 6.36. The molecule has 0 fully saturated rings. The molecule has 7 nitrogen and oxygen atoms in total. The number of hydrogen-bond acceptors (Lipinski definition) is 5. The molecule has 0 saturated carbocycles. The van der Waals surface area contributed by atoms with Crippen molar-refractivity contribution in [3.8, 4) is 0 Å². The number of hydrogen-bond donors (Lipinski definition) is 2. The molecule has 0 atom stereocenters. The Labute approximate surface area is 153 Å². The monoisotopic (exact) mass is 356 g/mol. The van der Waals surface area contributed by atoms with Crippen molar-refractivity contribution in [3.05, 3.63) is 46.8 Å². The van der Waals surface area contributed by atoms with Crippen molar-refractivity contribution < 1.29 is 14.7 Å². The van der Waals surface area contributed by atoms with Gasteiger partial charge in [-0.3, -0.25) is 4.79 Å². The topological polar surface area (TPSA) is 95.4 Å². The molecule has 1 aromatic carbocycles. The number of carboxylic acid groups (broad SMARTS) is 1. The minimum atomic E-state index is -0.996. The van der Waals surface area contributed by atoms with Crippen LogP contribution in [0.25, 0.3) is 0 Å². The fraction of sp³-hybridized carbons (Fsp3) is 0.368. The number of aromatic nitrogens is 2. The van der Waals surface area contributed by atoms with Gasteiger partial charge >= 0.3 is 5.97 Å². The molecule has 0 spiro atoms. The Morgan fingerprint density at radius 1 is 1.19 bits per heavy atom. The predicted molar refractivity (Wildman–Crippen MR) is 101 cm³/mol. The van der Waals surface area contributed by atoms with E-state index in [1.54, 1.807) is 25.1 Å². The molecule has 7 heteroatoms. The molecular weight excluding hydrogens is 332 g/mol. The second kappa shape index (κ2) is 7.95. The Balaban J connectivity index is 2.28. The summed E-state index contributed by atoms with van der Waals surface area (Å²) in [4.78, 5) is 34.5. The van der Waals surface area contributed by atoms with Gasteiger partial charge in [-0.25, -0.2) is 14.8 Å². The maximum atomic E-state index is 12.6. The van der Waals surface area contributed by atoms with Gasteiger partial charge in [-0.1, -0.05) is 0 Å². The van der Waals surface area contributed by atoms with Crippen LogP contribution < -0.4 is 10.2 Å². The van der Waals surface area contributed by atoms with Gasteiger partial charge in [-0.05, 0) is 64.4 Å². The molecule has 26 heavy (non-hydrogen) atoms. The third kappa shape index (κ3) is 4.36. The molecule has 1 aromatic heterocycles. The lowest BCUT2D eigenvalue weighted by Crippen LogP contribution is -2.32. The minimum absolute atomic E-state index is 0.207. The number of carbonyl (C=O) groups excluding carboxylic acids is 1. The number of amides is 1. The maximum absolute atomic E-state index is 12.6. The van der Waals surface area contributed by atoms with E-state index in [0.717, 1.165) is 6.54 Å². The van der Waals surface area contributed by atoms with Crippen LogP contribution in [0.2, 0.25) is 0 Å². The van der Waals surface area contributed by atoms with Crippen LogP contribution >= 0.6 is 0 Å². The van der Waals surface area contributed by atoms with E-state index in [9.17, 15) is 9.59 Å². The van der Waals surface area contributed by atoms with Gasteiger partial charge in [0.15, 0.2) is 0 Å². The average Bonchev–Trinajstić information content (AvgIpc) is 2.54. The van der Waals surface area contributed by atoms with Crippen molar-refractivity contribution in [2.24, 2.45) is 0 Å². The van der Waals surface area contributed by atoms with E-state index in [2.05, 4.69) is 15.3 Å². The molecule has 2 rings (SSSR count). The molecule has 0 aliphatic heterocycles. The standard InChI is InChI=1S/C19H24N4O3/c1-6-23(11(2)3)19-20-13(5)10-16(22-19)17(24)21-14-7-8-15(18(25)26)12(4)9-14/h7-11H,6H2,1-5H3,(H,21,24)(H,25,26). The Kier molecular flexibility index (Phi) is 5.92. The fourth-order valence-electron chi connectivity index (χ4n) is 2.71. The molecule has 0 saturated heterocycles. The molecule has 0 bridgehead atoms. The molecular formula is C19H24N4O3. The summed E-state index contributed by atoms with van der Waals surface area (Å²) < 4.78 is 0. The van der Waals surface area contributed by atoms with Gasteiger partial charge < -0.3 is 15.3 Å². The highest BCUT2D eigenvalue weighted by Gasteiger charge is 2.17. The van der Waals surface area contributed by atoms with Gasteiger partial charge in [-0.2, -0.15) is 0 Å². The number of carbonyl (C=O) groups is 2. The largest absolute Gasteiger partial charge is 0.478 e. The first kappa shape index (κ1) is 19.4. The summed E-state index contributed by atoms with van der Waals surface area (Å²) in [5, 5.41) is 11.9. The molecule has 0 aliphatic rings. The number of nitrogens with zero attached hydrogens (tertiary/aromatic N) is 3. The highest BCUT2D eigenvalue weighted by Crippen LogP contribution is 2.17. The van der Waals surface area contributed by atoms with E-state index in [4.69, 9.17) is 5.11 Å². The van der Waals surface area contributed by atoms with E-state index < -0.39 is 5.97 Å². The van der Waals surface area contributed by atoms with Crippen LogP contribution in [0.4, 0.5) is 11.6 Å². The lowest BCUT2D eigenvalue weighted by molar-refractivity contribution is 0.0696. The number of benzene rings is 1. The van der Waals surface area contributed by atoms with Crippen molar-refractivity contribution in [1.82, 2.24) is 9.97 Å². The average molecular weight is 356 g/mol. The summed E-state index contributed by atoms with van der Waals surface area (Å²) >= 11 is 0. The highest BCUT2D eigenvalue weighted by atomic mass is 16.4. The maximum Gasteiger partial charge on any atom is 0.335 e. The minimum Gasteiger partial charge on any atom is -0.478 e. The summed E-state index contributed by atoms with van der Waals surface area (Å²) in [5.41, 5.74) is 2.28. The van der Waals surface area contributed by atoms with E-state index in [-0.39, 0.29) is 23.2 Å². The van der Waals surface area contributed by atoms with E-state index >= 15 is 0 Å². The van der Waals surface area contributed by atoms with Gasteiger partial charge in [0.1, 0.15) is 5.69 Å². The van der Waals surface area contributed by atoms with Crippen LogP contribution in [0, 0.1) is 13.8 Å². The Morgan fingerprint density at radius 3 is 2.42 bits per heavy atom. The Bertz CT molecular complexity index is 834.